The van der Waals surface area contributed by atoms with E-state index in [4.69, 9.17) is 4.74 Å². The number of esters is 1. The number of Topliss-reactive ketones (excluding diaryl/α,β-unsaturated/α-hetero) is 1. The van der Waals surface area contributed by atoms with E-state index in [0.717, 1.165) is 24.0 Å². The van der Waals surface area contributed by atoms with Crippen LogP contribution in [0.2, 0.25) is 0 Å². The van der Waals surface area contributed by atoms with Crippen molar-refractivity contribution in [2.45, 2.75) is 39.2 Å². The van der Waals surface area contributed by atoms with Crippen molar-refractivity contribution in [1.29, 1.82) is 0 Å². The van der Waals surface area contributed by atoms with Crippen LogP contribution in [0.15, 0.2) is 42.1 Å². The van der Waals surface area contributed by atoms with Crippen LogP contribution in [-0.2, 0) is 9.53 Å². The van der Waals surface area contributed by atoms with Crippen molar-refractivity contribution in [2.75, 3.05) is 13.1 Å². The van der Waals surface area contributed by atoms with Gasteiger partial charge in [-0.05, 0) is 39.2 Å². The summed E-state index contributed by atoms with van der Waals surface area (Å²) in [6, 6.07) is 9.29. The Bertz CT molecular complexity index is 651. The van der Waals surface area contributed by atoms with Crippen LogP contribution in [0, 0.1) is 5.41 Å². The first-order valence-electron chi connectivity index (χ1n) is 8.07. The molecule has 1 fully saturated rings. The number of hydrogen-bond donors (Lipinski definition) is 0. The topological polar surface area (TPSA) is 46.6 Å². The molecule has 0 amide bonds. The molecule has 4 nitrogen and oxygen atoms in total. The van der Waals surface area contributed by atoms with Crippen molar-refractivity contribution in [3.05, 3.63) is 47.7 Å². The van der Waals surface area contributed by atoms with Crippen molar-refractivity contribution in [3.63, 3.8) is 0 Å². The SMILES string of the molecule is CC(C)(C)OC(=O)C1(C2=CN(CC(=O)c3ccccc3)C2)CC1. The van der Waals surface area contributed by atoms with Gasteiger partial charge in [-0.25, -0.2) is 0 Å². The van der Waals surface area contributed by atoms with Gasteiger partial charge >= 0.3 is 5.97 Å². The third kappa shape index (κ3) is 3.31. The second-order valence-corrected chi connectivity index (χ2v) is 7.43. The van der Waals surface area contributed by atoms with E-state index in [0.29, 0.717) is 13.1 Å². The van der Waals surface area contributed by atoms with Gasteiger partial charge < -0.3 is 9.64 Å². The van der Waals surface area contributed by atoms with Gasteiger partial charge in [0.1, 0.15) is 5.60 Å². The molecule has 0 aromatic heterocycles. The third-order valence-electron chi connectivity index (χ3n) is 4.31. The van der Waals surface area contributed by atoms with Gasteiger partial charge in [0.2, 0.25) is 0 Å². The molecule has 1 aromatic carbocycles. The lowest BCUT2D eigenvalue weighted by molar-refractivity contribution is -0.160. The van der Waals surface area contributed by atoms with E-state index in [1.807, 2.05) is 62.2 Å². The zero-order valence-corrected chi connectivity index (χ0v) is 14.0. The molecule has 0 saturated heterocycles. The number of benzene rings is 1. The number of hydrogen-bond acceptors (Lipinski definition) is 4. The molecule has 0 unspecified atom stereocenters. The van der Waals surface area contributed by atoms with Gasteiger partial charge in [0.05, 0.1) is 12.0 Å². The van der Waals surface area contributed by atoms with E-state index >= 15 is 0 Å². The Morgan fingerprint density at radius 2 is 1.78 bits per heavy atom. The number of carbonyl (C=O) groups excluding carboxylic acids is 2. The van der Waals surface area contributed by atoms with Crippen LogP contribution >= 0.6 is 0 Å². The van der Waals surface area contributed by atoms with E-state index < -0.39 is 11.0 Å². The van der Waals surface area contributed by atoms with Crippen LogP contribution in [0.5, 0.6) is 0 Å². The molecule has 1 heterocycles. The lowest BCUT2D eigenvalue weighted by Crippen LogP contribution is -2.41. The predicted molar refractivity (Wildman–Crippen MR) is 87.9 cm³/mol. The average Bonchev–Trinajstić information content (AvgIpc) is 3.22. The average molecular weight is 313 g/mol. The Balaban J connectivity index is 1.60. The van der Waals surface area contributed by atoms with Gasteiger partial charge in [0.15, 0.2) is 5.78 Å². The fraction of sp³-hybridized carbons (Fsp3) is 0.474. The van der Waals surface area contributed by atoms with Gasteiger partial charge in [0.25, 0.3) is 0 Å². The van der Waals surface area contributed by atoms with Crippen molar-refractivity contribution >= 4 is 11.8 Å². The number of ketones is 1. The van der Waals surface area contributed by atoms with Crippen molar-refractivity contribution in [2.24, 2.45) is 5.41 Å². The van der Waals surface area contributed by atoms with Gasteiger partial charge in [-0.2, -0.15) is 0 Å². The normalized spacial score (nSPS) is 18.7. The van der Waals surface area contributed by atoms with E-state index in [2.05, 4.69) is 0 Å². The van der Waals surface area contributed by atoms with Gasteiger partial charge in [-0.1, -0.05) is 30.3 Å². The highest BCUT2D eigenvalue weighted by Gasteiger charge is 2.56. The maximum atomic E-state index is 12.4. The highest BCUT2D eigenvalue weighted by molar-refractivity contribution is 5.97. The Labute approximate surface area is 137 Å². The minimum atomic E-state index is -0.458. The number of nitrogens with zero attached hydrogens (tertiary/aromatic N) is 1. The first-order chi connectivity index (χ1) is 10.8. The number of rotatable bonds is 5. The van der Waals surface area contributed by atoms with Crippen LogP contribution < -0.4 is 0 Å². The molecule has 2 aliphatic rings. The molecule has 0 radical (unpaired) electrons. The van der Waals surface area contributed by atoms with Gasteiger partial charge in [-0.15, -0.1) is 0 Å². The molecule has 0 bridgehead atoms. The molecular formula is C19H23NO3. The van der Waals surface area contributed by atoms with Gasteiger partial charge in [-0.3, -0.25) is 9.59 Å². The smallest absolute Gasteiger partial charge is 0.316 e. The number of carbonyl (C=O) groups is 2. The number of ether oxygens (including phenoxy) is 1. The molecule has 0 spiro atoms. The molecular weight excluding hydrogens is 290 g/mol. The molecule has 0 N–H and O–H groups in total. The fourth-order valence-corrected chi connectivity index (χ4v) is 2.85. The summed E-state index contributed by atoms with van der Waals surface area (Å²) in [5.74, 6) is -0.0201. The lowest BCUT2D eigenvalue weighted by atomic mass is 9.91. The summed E-state index contributed by atoms with van der Waals surface area (Å²) in [6.07, 6.45) is 3.67. The van der Waals surface area contributed by atoms with Gasteiger partial charge in [0, 0.05) is 18.3 Å². The molecule has 3 rings (SSSR count). The van der Waals surface area contributed by atoms with Crippen LogP contribution in [0.4, 0.5) is 0 Å². The Hall–Kier alpha value is -2.10. The van der Waals surface area contributed by atoms with Crippen LogP contribution in [-0.4, -0.2) is 35.3 Å². The summed E-state index contributed by atoms with van der Waals surface area (Å²) in [7, 11) is 0. The summed E-state index contributed by atoms with van der Waals surface area (Å²) in [5, 5.41) is 0. The quantitative estimate of drug-likeness (QED) is 0.619. The van der Waals surface area contributed by atoms with Crippen molar-refractivity contribution in [3.8, 4) is 0 Å². The van der Waals surface area contributed by atoms with Crippen LogP contribution in [0.25, 0.3) is 0 Å². The van der Waals surface area contributed by atoms with E-state index in [-0.39, 0.29) is 11.8 Å². The Kier molecular flexibility index (Phi) is 3.78. The maximum absolute atomic E-state index is 12.4. The second kappa shape index (κ2) is 5.52. The lowest BCUT2D eigenvalue weighted by Gasteiger charge is -2.35. The molecule has 23 heavy (non-hydrogen) atoms. The monoisotopic (exact) mass is 313 g/mol. The first-order valence-corrected chi connectivity index (χ1v) is 8.07. The Morgan fingerprint density at radius 3 is 2.30 bits per heavy atom. The molecule has 4 heteroatoms. The predicted octanol–water partition coefficient (Wildman–Crippen LogP) is 3.19. The largest absolute Gasteiger partial charge is 0.459 e. The van der Waals surface area contributed by atoms with Crippen molar-refractivity contribution < 1.29 is 14.3 Å². The summed E-state index contributed by atoms with van der Waals surface area (Å²) in [5.41, 5.74) is 0.953. The zero-order valence-electron chi connectivity index (χ0n) is 14.0. The van der Waals surface area contributed by atoms with Crippen molar-refractivity contribution in [1.82, 2.24) is 4.90 Å². The summed E-state index contributed by atoms with van der Waals surface area (Å²) >= 11 is 0. The molecule has 0 atom stereocenters. The summed E-state index contributed by atoms with van der Waals surface area (Å²) in [4.78, 5) is 26.5. The van der Waals surface area contributed by atoms with E-state index in [1.165, 1.54) is 0 Å². The highest BCUT2D eigenvalue weighted by Crippen LogP contribution is 2.55. The molecule has 1 aliphatic heterocycles. The summed E-state index contributed by atoms with van der Waals surface area (Å²) in [6.45, 7) is 6.71. The van der Waals surface area contributed by atoms with Crippen LogP contribution in [0.1, 0.15) is 44.0 Å². The first kappa shape index (κ1) is 15.8. The Morgan fingerprint density at radius 1 is 1.17 bits per heavy atom. The molecule has 122 valence electrons. The maximum Gasteiger partial charge on any atom is 0.316 e. The highest BCUT2D eigenvalue weighted by atomic mass is 16.6. The fourth-order valence-electron chi connectivity index (χ4n) is 2.85. The van der Waals surface area contributed by atoms with E-state index in [9.17, 15) is 9.59 Å². The molecule has 1 saturated carbocycles. The molecule has 1 aliphatic carbocycles. The standard InChI is InChI=1S/C19H23NO3/c1-18(2,3)23-17(22)19(9-10-19)15-11-20(12-15)13-16(21)14-7-5-4-6-8-14/h4-8,11H,9-10,12-13H2,1-3H3. The van der Waals surface area contributed by atoms with Crippen LogP contribution in [0.3, 0.4) is 0 Å². The summed E-state index contributed by atoms with van der Waals surface area (Å²) < 4.78 is 5.54. The molecule has 1 aromatic rings. The second-order valence-electron chi connectivity index (χ2n) is 7.43. The van der Waals surface area contributed by atoms with E-state index in [1.54, 1.807) is 0 Å². The minimum Gasteiger partial charge on any atom is -0.459 e. The third-order valence-corrected chi connectivity index (χ3v) is 4.31. The minimum absolute atomic E-state index is 0.100. The zero-order chi connectivity index (χ0) is 16.7.